The highest BCUT2D eigenvalue weighted by molar-refractivity contribution is 8.22. The monoisotopic (exact) mass is 303 g/mol. The summed E-state index contributed by atoms with van der Waals surface area (Å²) in [6, 6.07) is 0. The number of esters is 1. The highest BCUT2D eigenvalue weighted by atomic mass is 32.2. The van der Waals surface area contributed by atoms with E-state index >= 15 is 0 Å². The lowest BCUT2D eigenvalue weighted by Gasteiger charge is -2.25. The largest absolute Gasteiger partial charge is 0.461 e. The quantitative estimate of drug-likeness (QED) is 0.311. The molecule has 1 aliphatic rings. The summed E-state index contributed by atoms with van der Waals surface area (Å²) < 4.78 is 11.3. The predicted octanol–water partition coefficient (Wildman–Crippen LogP) is 2.58. The minimum atomic E-state index is -0.182. The Morgan fingerprint density at radius 2 is 2.47 bits per heavy atom. The number of rotatable bonds is 7. The van der Waals surface area contributed by atoms with Crippen molar-refractivity contribution < 1.29 is 14.3 Å². The zero-order valence-electron chi connectivity index (χ0n) is 11.3. The van der Waals surface area contributed by atoms with Gasteiger partial charge in [0.1, 0.15) is 17.2 Å². The molecule has 1 atom stereocenters. The molecular formula is C13H21NO3S2. The highest BCUT2D eigenvalue weighted by Gasteiger charge is 2.22. The first-order chi connectivity index (χ1) is 9.15. The number of hydrogen-bond acceptors (Lipinski definition) is 5. The number of carbonyl (C=O) groups is 1. The van der Waals surface area contributed by atoms with E-state index in [4.69, 9.17) is 21.7 Å². The normalized spacial score (nSPS) is 18.1. The Morgan fingerprint density at radius 3 is 3.11 bits per heavy atom. The molecule has 0 amide bonds. The third kappa shape index (κ3) is 6.40. The minimum absolute atomic E-state index is 0.123. The van der Waals surface area contributed by atoms with Crippen LogP contribution in [0.15, 0.2) is 12.7 Å². The van der Waals surface area contributed by atoms with E-state index in [0.29, 0.717) is 6.42 Å². The van der Waals surface area contributed by atoms with E-state index in [1.807, 2.05) is 11.9 Å². The Bertz CT molecular complexity index is 317. The van der Waals surface area contributed by atoms with Crippen molar-refractivity contribution in [2.45, 2.75) is 31.9 Å². The number of carbonyl (C=O) groups excluding carboxylic acids is 1. The van der Waals surface area contributed by atoms with Gasteiger partial charge in [0.15, 0.2) is 0 Å². The highest BCUT2D eigenvalue weighted by Crippen LogP contribution is 2.20. The van der Waals surface area contributed by atoms with Crippen molar-refractivity contribution in [3.8, 4) is 0 Å². The van der Waals surface area contributed by atoms with E-state index < -0.39 is 0 Å². The van der Waals surface area contributed by atoms with Crippen molar-refractivity contribution in [1.82, 2.24) is 4.90 Å². The maximum atomic E-state index is 11.2. The van der Waals surface area contributed by atoms with Crippen molar-refractivity contribution in [2.24, 2.45) is 0 Å². The molecule has 0 radical (unpaired) electrons. The molecule has 1 unspecified atom stereocenters. The Hall–Kier alpha value is -0.590. The molecule has 1 fully saturated rings. The van der Waals surface area contributed by atoms with Crippen molar-refractivity contribution in [2.75, 3.05) is 26.0 Å². The first kappa shape index (κ1) is 16.5. The van der Waals surface area contributed by atoms with E-state index in [1.165, 1.54) is 0 Å². The summed E-state index contributed by atoms with van der Waals surface area (Å²) >= 11 is 6.93. The maximum Gasteiger partial charge on any atom is 0.306 e. The van der Waals surface area contributed by atoms with Gasteiger partial charge in [-0.15, -0.1) is 0 Å². The first-order valence-corrected chi connectivity index (χ1v) is 7.82. The van der Waals surface area contributed by atoms with Crippen molar-refractivity contribution >= 4 is 34.3 Å². The predicted molar refractivity (Wildman–Crippen MR) is 82.2 cm³/mol. The van der Waals surface area contributed by atoms with E-state index in [1.54, 1.807) is 17.8 Å². The topological polar surface area (TPSA) is 38.8 Å². The second kappa shape index (κ2) is 9.34. The van der Waals surface area contributed by atoms with Crippen LogP contribution in [0.4, 0.5) is 0 Å². The molecule has 0 spiro atoms. The van der Waals surface area contributed by atoms with Gasteiger partial charge in [0.05, 0.1) is 0 Å². The average molecular weight is 303 g/mol. The maximum absolute atomic E-state index is 11.2. The third-order valence-electron chi connectivity index (χ3n) is 2.74. The number of thioether (sulfide) groups is 1. The molecule has 6 heteroatoms. The molecule has 1 saturated heterocycles. The zero-order chi connectivity index (χ0) is 14.1. The summed E-state index contributed by atoms with van der Waals surface area (Å²) in [4.78, 5) is 13.3. The fourth-order valence-corrected chi connectivity index (χ4v) is 2.84. The third-order valence-corrected chi connectivity index (χ3v) is 4.41. The van der Waals surface area contributed by atoms with Crippen LogP contribution in [-0.4, -0.2) is 47.4 Å². The molecule has 19 heavy (non-hydrogen) atoms. The van der Waals surface area contributed by atoms with Crippen LogP contribution in [0.25, 0.3) is 0 Å². The van der Waals surface area contributed by atoms with E-state index in [2.05, 4.69) is 6.58 Å². The second-order valence-electron chi connectivity index (χ2n) is 4.27. The molecule has 0 N–H and O–H groups in total. The molecule has 1 rings (SSSR count). The van der Waals surface area contributed by atoms with Crippen LogP contribution in [0, 0.1) is 0 Å². The van der Waals surface area contributed by atoms with Crippen LogP contribution in [-0.2, 0) is 14.3 Å². The minimum Gasteiger partial charge on any atom is -0.461 e. The van der Waals surface area contributed by atoms with Gasteiger partial charge >= 0.3 is 5.97 Å². The van der Waals surface area contributed by atoms with Crippen molar-refractivity contribution in [1.29, 1.82) is 0 Å². The summed E-state index contributed by atoms with van der Waals surface area (Å²) in [6.45, 7) is 4.59. The van der Waals surface area contributed by atoms with Crippen LogP contribution >= 0.6 is 24.0 Å². The van der Waals surface area contributed by atoms with Gasteiger partial charge in [0.2, 0.25) is 0 Å². The summed E-state index contributed by atoms with van der Waals surface area (Å²) in [5, 5.41) is 0. The number of hydrogen-bond donors (Lipinski definition) is 0. The Labute approximate surface area is 124 Å². The summed E-state index contributed by atoms with van der Waals surface area (Å²) in [5.74, 6) is 0.637. The molecule has 108 valence electrons. The molecule has 0 bridgehead atoms. The van der Waals surface area contributed by atoms with Crippen molar-refractivity contribution in [3.05, 3.63) is 12.7 Å². The molecule has 1 heterocycles. The van der Waals surface area contributed by atoms with E-state index in [-0.39, 0.29) is 18.8 Å². The molecule has 1 aliphatic heterocycles. The molecule has 0 aromatic carbocycles. The Kier molecular flexibility index (Phi) is 8.09. The van der Waals surface area contributed by atoms with Gasteiger partial charge in [0.25, 0.3) is 0 Å². The van der Waals surface area contributed by atoms with Crippen LogP contribution in [0.3, 0.4) is 0 Å². The summed E-state index contributed by atoms with van der Waals surface area (Å²) in [6.07, 6.45) is 5.01. The van der Waals surface area contributed by atoms with Crippen LogP contribution in [0.2, 0.25) is 0 Å². The Balaban J connectivity index is 2.09. The second-order valence-corrected chi connectivity index (χ2v) is 6.00. The van der Waals surface area contributed by atoms with E-state index in [0.717, 1.165) is 35.9 Å². The van der Waals surface area contributed by atoms with Crippen molar-refractivity contribution in [3.63, 3.8) is 0 Å². The van der Waals surface area contributed by atoms with Gasteiger partial charge in [-0.1, -0.05) is 36.6 Å². The molecule has 0 aromatic heterocycles. The van der Waals surface area contributed by atoms with Crippen LogP contribution < -0.4 is 0 Å². The number of thiocarbonyl (C=S) groups is 1. The fraction of sp³-hybridized carbons (Fsp3) is 0.692. The molecule has 0 aromatic rings. The lowest BCUT2D eigenvalue weighted by atomic mass is 10.3. The molecule has 0 aliphatic carbocycles. The SMILES string of the molecule is C=CCOC(=O)CCCSC(=S)N(C)C1CCCO1. The standard InChI is InChI=1S/C13H21NO3S2/c1-3-8-17-12(15)7-5-10-19-13(18)14(2)11-6-4-9-16-11/h3,11H,1,4-10H2,2H3. The molecular weight excluding hydrogens is 282 g/mol. The first-order valence-electron chi connectivity index (χ1n) is 6.43. The fourth-order valence-electron chi connectivity index (χ4n) is 1.69. The van der Waals surface area contributed by atoms with E-state index in [9.17, 15) is 4.79 Å². The van der Waals surface area contributed by atoms with Gasteiger partial charge in [-0.2, -0.15) is 0 Å². The van der Waals surface area contributed by atoms with Gasteiger partial charge in [-0.25, -0.2) is 0 Å². The average Bonchev–Trinajstić information content (AvgIpc) is 2.94. The number of nitrogens with zero attached hydrogens (tertiary/aromatic N) is 1. The van der Waals surface area contributed by atoms with Gasteiger partial charge in [0, 0.05) is 25.8 Å². The van der Waals surface area contributed by atoms with Gasteiger partial charge < -0.3 is 14.4 Å². The van der Waals surface area contributed by atoms with Crippen LogP contribution in [0.1, 0.15) is 25.7 Å². The summed E-state index contributed by atoms with van der Waals surface area (Å²) in [7, 11) is 1.96. The number of ether oxygens (including phenoxy) is 2. The van der Waals surface area contributed by atoms with Gasteiger partial charge in [-0.05, 0) is 19.3 Å². The lowest BCUT2D eigenvalue weighted by molar-refractivity contribution is -0.142. The van der Waals surface area contributed by atoms with Gasteiger partial charge in [-0.3, -0.25) is 4.79 Å². The smallest absolute Gasteiger partial charge is 0.306 e. The molecule has 4 nitrogen and oxygen atoms in total. The lowest BCUT2D eigenvalue weighted by Crippen LogP contribution is -2.33. The van der Waals surface area contributed by atoms with Crippen LogP contribution in [0.5, 0.6) is 0 Å². The zero-order valence-corrected chi connectivity index (χ0v) is 12.9. The summed E-state index contributed by atoms with van der Waals surface area (Å²) in [5.41, 5.74) is 0. The molecule has 0 saturated carbocycles. The Morgan fingerprint density at radius 1 is 1.68 bits per heavy atom.